The van der Waals surface area contributed by atoms with Gasteiger partial charge in [-0.1, -0.05) is 6.92 Å². The van der Waals surface area contributed by atoms with Crippen LogP contribution < -0.4 is 10.6 Å². The molecule has 1 saturated heterocycles. The van der Waals surface area contributed by atoms with E-state index in [0.29, 0.717) is 12.6 Å². The summed E-state index contributed by atoms with van der Waals surface area (Å²) >= 11 is 0. The molecule has 0 bridgehead atoms. The van der Waals surface area contributed by atoms with Crippen LogP contribution in [0.4, 0.5) is 0 Å². The molecule has 1 saturated carbocycles. The van der Waals surface area contributed by atoms with Crippen molar-refractivity contribution in [3.63, 3.8) is 0 Å². The van der Waals surface area contributed by atoms with E-state index >= 15 is 0 Å². The highest BCUT2D eigenvalue weighted by molar-refractivity contribution is 5.85. The molecule has 2 atom stereocenters. The zero-order valence-corrected chi connectivity index (χ0v) is 12.1. The van der Waals surface area contributed by atoms with Crippen LogP contribution in [0, 0.1) is 5.92 Å². The normalized spacial score (nSPS) is 36.6. The van der Waals surface area contributed by atoms with E-state index in [1.807, 2.05) is 6.92 Å². The number of ether oxygens (including phenoxy) is 1. The summed E-state index contributed by atoms with van der Waals surface area (Å²) in [6.45, 7) is 5.71. The van der Waals surface area contributed by atoms with Gasteiger partial charge in [0.05, 0.1) is 12.7 Å². The van der Waals surface area contributed by atoms with Gasteiger partial charge in [-0.15, -0.1) is 12.4 Å². The van der Waals surface area contributed by atoms with Gasteiger partial charge in [0, 0.05) is 12.6 Å². The maximum Gasteiger partial charge on any atom is 0.240 e. The summed E-state index contributed by atoms with van der Waals surface area (Å²) in [6.07, 6.45) is 4.68. The lowest BCUT2D eigenvalue weighted by Gasteiger charge is -2.32. The number of hydrogen-bond donors (Lipinski definition) is 2. The minimum Gasteiger partial charge on any atom is -0.375 e. The Kier molecular flexibility index (Phi) is 6.39. The third kappa shape index (κ3) is 4.11. The Hall–Kier alpha value is -0.320. The van der Waals surface area contributed by atoms with Crippen LogP contribution in [0.5, 0.6) is 0 Å². The number of halogens is 1. The summed E-state index contributed by atoms with van der Waals surface area (Å²) < 4.78 is 5.49. The average molecular weight is 277 g/mol. The van der Waals surface area contributed by atoms with Crippen LogP contribution in [0.25, 0.3) is 0 Å². The van der Waals surface area contributed by atoms with Gasteiger partial charge in [-0.05, 0) is 38.5 Å². The number of morpholine rings is 1. The highest BCUT2D eigenvalue weighted by atomic mass is 35.5. The Morgan fingerprint density at radius 2 is 1.89 bits per heavy atom. The van der Waals surface area contributed by atoms with Crippen molar-refractivity contribution in [1.29, 1.82) is 0 Å². The van der Waals surface area contributed by atoms with Crippen molar-refractivity contribution in [2.75, 3.05) is 13.2 Å². The maximum absolute atomic E-state index is 12.1. The van der Waals surface area contributed by atoms with E-state index in [1.165, 1.54) is 12.8 Å². The minimum absolute atomic E-state index is 0. The molecule has 0 aromatic rings. The van der Waals surface area contributed by atoms with Gasteiger partial charge >= 0.3 is 0 Å². The summed E-state index contributed by atoms with van der Waals surface area (Å²) in [5, 5.41) is 6.39. The molecule has 1 aliphatic carbocycles. The Labute approximate surface area is 116 Å². The predicted molar refractivity (Wildman–Crippen MR) is 74.0 cm³/mol. The fourth-order valence-electron chi connectivity index (χ4n) is 2.72. The molecule has 0 unspecified atom stereocenters. The van der Waals surface area contributed by atoms with Crippen molar-refractivity contribution in [3.8, 4) is 0 Å². The Bertz CT molecular complexity index is 268. The van der Waals surface area contributed by atoms with E-state index in [-0.39, 0.29) is 30.5 Å². The van der Waals surface area contributed by atoms with Gasteiger partial charge in [0.1, 0.15) is 6.04 Å². The van der Waals surface area contributed by atoms with Crippen molar-refractivity contribution in [3.05, 3.63) is 0 Å². The van der Waals surface area contributed by atoms with Crippen molar-refractivity contribution in [2.45, 2.75) is 57.7 Å². The lowest BCUT2D eigenvalue weighted by Crippen LogP contribution is -2.57. The predicted octanol–water partition coefficient (Wildman–Crippen LogP) is 1.48. The van der Waals surface area contributed by atoms with E-state index in [1.54, 1.807) is 0 Å². The largest absolute Gasteiger partial charge is 0.375 e. The Morgan fingerprint density at radius 1 is 1.22 bits per heavy atom. The zero-order chi connectivity index (χ0) is 12.3. The Balaban J connectivity index is 0.00000162. The number of hydrogen-bond acceptors (Lipinski definition) is 3. The zero-order valence-electron chi connectivity index (χ0n) is 11.3. The van der Waals surface area contributed by atoms with Crippen molar-refractivity contribution in [2.24, 2.45) is 5.92 Å². The molecule has 0 aromatic carbocycles. The van der Waals surface area contributed by atoms with Crippen LogP contribution >= 0.6 is 12.4 Å². The van der Waals surface area contributed by atoms with Crippen molar-refractivity contribution in [1.82, 2.24) is 10.6 Å². The standard InChI is InChI=1S/C13H24N2O2.ClH/c1-9-3-5-11(6-4-9)15-13(16)12-10(2)17-8-7-14-12;/h9-12,14H,3-8H2,1-2H3,(H,15,16);1H/t9?,10-,11?,12+;/m1./s1. The second-order valence-corrected chi connectivity index (χ2v) is 5.47. The maximum atomic E-state index is 12.1. The summed E-state index contributed by atoms with van der Waals surface area (Å²) in [4.78, 5) is 12.1. The van der Waals surface area contributed by atoms with E-state index in [9.17, 15) is 4.79 Å². The molecular formula is C13H25ClN2O2. The topological polar surface area (TPSA) is 50.4 Å². The van der Waals surface area contributed by atoms with E-state index < -0.39 is 0 Å². The van der Waals surface area contributed by atoms with Gasteiger partial charge in [0.15, 0.2) is 0 Å². The smallest absolute Gasteiger partial charge is 0.240 e. The van der Waals surface area contributed by atoms with Crippen molar-refractivity contribution < 1.29 is 9.53 Å². The first kappa shape index (κ1) is 15.7. The van der Waals surface area contributed by atoms with Crippen LogP contribution in [0.15, 0.2) is 0 Å². The molecule has 2 aliphatic rings. The Morgan fingerprint density at radius 3 is 2.50 bits per heavy atom. The molecule has 1 amide bonds. The lowest BCUT2D eigenvalue weighted by molar-refractivity contribution is -0.129. The third-order valence-corrected chi connectivity index (χ3v) is 3.96. The summed E-state index contributed by atoms with van der Waals surface area (Å²) in [5.41, 5.74) is 0. The van der Waals surface area contributed by atoms with E-state index in [0.717, 1.165) is 25.3 Å². The molecule has 1 aliphatic heterocycles. The van der Waals surface area contributed by atoms with Crippen LogP contribution in [-0.4, -0.2) is 37.2 Å². The van der Waals surface area contributed by atoms with Crippen LogP contribution in [0.1, 0.15) is 39.5 Å². The average Bonchev–Trinajstić information content (AvgIpc) is 2.32. The molecule has 2 fully saturated rings. The fourth-order valence-corrected chi connectivity index (χ4v) is 2.72. The number of carbonyl (C=O) groups excluding carboxylic acids is 1. The van der Waals surface area contributed by atoms with Gasteiger partial charge in [-0.3, -0.25) is 4.79 Å². The molecule has 0 aromatic heterocycles. The first-order valence-corrected chi connectivity index (χ1v) is 6.82. The van der Waals surface area contributed by atoms with Gasteiger partial charge in [0.25, 0.3) is 0 Å². The summed E-state index contributed by atoms with van der Waals surface area (Å²) in [5.74, 6) is 0.926. The van der Waals surface area contributed by atoms with Gasteiger partial charge in [-0.25, -0.2) is 0 Å². The number of nitrogens with one attached hydrogen (secondary N) is 2. The second-order valence-electron chi connectivity index (χ2n) is 5.47. The van der Waals surface area contributed by atoms with Crippen molar-refractivity contribution >= 4 is 18.3 Å². The number of rotatable bonds is 2. The molecule has 2 rings (SSSR count). The van der Waals surface area contributed by atoms with Gasteiger partial charge < -0.3 is 15.4 Å². The highest BCUT2D eigenvalue weighted by Crippen LogP contribution is 2.23. The molecule has 2 N–H and O–H groups in total. The lowest BCUT2D eigenvalue weighted by atomic mass is 9.87. The molecule has 18 heavy (non-hydrogen) atoms. The number of amides is 1. The molecule has 106 valence electrons. The first-order valence-electron chi connectivity index (χ1n) is 6.82. The molecule has 1 heterocycles. The molecule has 0 radical (unpaired) electrons. The molecule has 4 nitrogen and oxygen atoms in total. The third-order valence-electron chi connectivity index (χ3n) is 3.96. The molecule has 5 heteroatoms. The van der Waals surface area contributed by atoms with Gasteiger partial charge in [0.2, 0.25) is 5.91 Å². The number of carbonyl (C=O) groups is 1. The second kappa shape index (κ2) is 7.31. The quantitative estimate of drug-likeness (QED) is 0.803. The van der Waals surface area contributed by atoms with E-state index in [2.05, 4.69) is 17.6 Å². The molecular weight excluding hydrogens is 252 g/mol. The minimum atomic E-state index is -0.178. The highest BCUT2D eigenvalue weighted by Gasteiger charge is 2.30. The monoisotopic (exact) mass is 276 g/mol. The van der Waals surface area contributed by atoms with Crippen LogP contribution in [0.2, 0.25) is 0 Å². The van der Waals surface area contributed by atoms with E-state index in [4.69, 9.17) is 4.74 Å². The summed E-state index contributed by atoms with van der Waals surface area (Å²) in [6, 6.07) is 0.192. The first-order chi connectivity index (χ1) is 8.16. The SMILES string of the molecule is CC1CCC(NC(=O)[C@H]2NCCO[C@@H]2C)CC1.Cl. The summed E-state index contributed by atoms with van der Waals surface area (Å²) in [7, 11) is 0. The molecule has 0 spiro atoms. The van der Waals surface area contributed by atoms with Crippen LogP contribution in [0.3, 0.4) is 0 Å². The van der Waals surface area contributed by atoms with Gasteiger partial charge in [-0.2, -0.15) is 0 Å². The fraction of sp³-hybridized carbons (Fsp3) is 0.923. The van der Waals surface area contributed by atoms with Crippen LogP contribution in [-0.2, 0) is 9.53 Å².